The number of rotatable bonds is 0. The van der Waals surface area contributed by atoms with E-state index in [2.05, 4.69) is 60.7 Å². The Bertz CT molecular complexity index is 800. The first-order valence-corrected chi connectivity index (χ1v) is 7.88. The van der Waals surface area contributed by atoms with E-state index in [0.29, 0.717) is 13.1 Å². The fraction of sp³-hybridized carbons (Fsp3) is 0.238. The second kappa shape index (κ2) is 5.58. The Morgan fingerprint density at radius 3 is 1.91 bits per heavy atom. The van der Waals surface area contributed by atoms with Crippen LogP contribution in [0.4, 0.5) is 0 Å². The Morgan fingerprint density at radius 1 is 0.818 bits per heavy atom. The minimum Gasteiger partial charge on any atom is -0.306 e. The largest absolute Gasteiger partial charge is 0.306 e. The minimum absolute atomic E-state index is 0.590. The van der Waals surface area contributed by atoms with Crippen molar-refractivity contribution in [3.05, 3.63) is 76.4 Å². The molecule has 2 aliphatic rings. The van der Waals surface area contributed by atoms with Crippen LogP contribution in [0.3, 0.4) is 0 Å². The van der Waals surface area contributed by atoms with Crippen LogP contribution in [0.25, 0.3) is 17.7 Å². The molecule has 1 aliphatic carbocycles. The molecule has 0 radical (unpaired) electrons. The van der Waals surface area contributed by atoms with Gasteiger partial charge in [0, 0.05) is 17.2 Å². The summed E-state index contributed by atoms with van der Waals surface area (Å²) in [5.41, 5.74) is 7.60. The van der Waals surface area contributed by atoms with E-state index in [9.17, 15) is 0 Å². The molecule has 0 spiro atoms. The SMILES string of the molecule is [2H]C([2H])([2H])N1CCC(=C2c3ccccc3C=Cc3ccccc32)CC1. The molecular weight excluding hydrogens is 266 g/mol. The first-order chi connectivity index (χ1) is 12.0. The molecular formula is C21H21N. The van der Waals surface area contributed by atoms with E-state index in [4.69, 9.17) is 4.11 Å². The number of nitrogens with zero attached hydrogens (tertiary/aromatic N) is 1. The fourth-order valence-electron chi connectivity index (χ4n) is 3.47. The van der Waals surface area contributed by atoms with Crippen molar-refractivity contribution in [2.75, 3.05) is 20.1 Å². The summed E-state index contributed by atoms with van der Waals surface area (Å²) in [5, 5.41) is 0. The summed E-state index contributed by atoms with van der Waals surface area (Å²) in [6, 6.07) is 17.0. The van der Waals surface area contributed by atoms with Crippen LogP contribution in [0.5, 0.6) is 0 Å². The van der Waals surface area contributed by atoms with Gasteiger partial charge in [0.15, 0.2) is 0 Å². The van der Waals surface area contributed by atoms with E-state index in [1.807, 2.05) is 0 Å². The molecule has 1 fully saturated rings. The Kier molecular flexibility index (Phi) is 2.68. The first-order valence-electron chi connectivity index (χ1n) is 9.38. The van der Waals surface area contributed by atoms with E-state index in [0.717, 1.165) is 12.8 Å². The van der Waals surface area contributed by atoms with E-state index in [1.165, 1.54) is 33.4 Å². The molecule has 1 aliphatic heterocycles. The lowest BCUT2D eigenvalue weighted by atomic mass is 9.86. The van der Waals surface area contributed by atoms with Crippen LogP contribution in [0.2, 0.25) is 0 Å². The van der Waals surface area contributed by atoms with Gasteiger partial charge in [-0.2, -0.15) is 0 Å². The van der Waals surface area contributed by atoms with Crippen molar-refractivity contribution in [3.63, 3.8) is 0 Å². The van der Waals surface area contributed by atoms with Crippen molar-refractivity contribution in [2.24, 2.45) is 0 Å². The van der Waals surface area contributed by atoms with Gasteiger partial charge in [-0.3, -0.25) is 0 Å². The molecule has 110 valence electrons. The maximum Gasteiger partial charge on any atom is 0.0394 e. The van der Waals surface area contributed by atoms with Gasteiger partial charge < -0.3 is 4.90 Å². The second-order valence-corrected chi connectivity index (χ2v) is 5.97. The highest BCUT2D eigenvalue weighted by atomic mass is 15.1. The zero-order valence-corrected chi connectivity index (χ0v) is 12.5. The van der Waals surface area contributed by atoms with Gasteiger partial charge in [-0.1, -0.05) is 66.3 Å². The normalized spacial score (nSPS) is 20.5. The summed E-state index contributed by atoms with van der Waals surface area (Å²) in [7, 11) is 0. The second-order valence-electron chi connectivity index (χ2n) is 5.97. The van der Waals surface area contributed by atoms with Crippen molar-refractivity contribution in [1.82, 2.24) is 4.90 Å². The molecule has 22 heavy (non-hydrogen) atoms. The van der Waals surface area contributed by atoms with Crippen molar-refractivity contribution in [1.29, 1.82) is 0 Å². The predicted octanol–water partition coefficient (Wildman–Crippen LogP) is 4.70. The fourth-order valence-corrected chi connectivity index (χ4v) is 3.47. The number of likely N-dealkylation sites (tertiary alicyclic amines) is 1. The van der Waals surface area contributed by atoms with Crippen LogP contribution >= 0.6 is 0 Å². The van der Waals surface area contributed by atoms with Gasteiger partial charge in [0.25, 0.3) is 0 Å². The number of hydrogen-bond donors (Lipinski definition) is 0. The van der Waals surface area contributed by atoms with Gasteiger partial charge in [-0.05, 0) is 47.6 Å². The van der Waals surface area contributed by atoms with Gasteiger partial charge in [-0.15, -0.1) is 0 Å². The van der Waals surface area contributed by atoms with Gasteiger partial charge in [0.2, 0.25) is 0 Å². The third-order valence-corrected chi connectivity index (χ3v) is 4.62. The predicted molar refractivity (Wildman–Crippen MR) is 94.6 cm³/mol. The highest BCUT2D eigenvalue weighted by Crippen LogP contribution is 2.38. The quantitative estimate of drug-likeness (QED) is 0.580. The summed E-state index contributed by atoms with van der Waals surface area (Å²) < 4.78 is 22.9. The topological polar surface area (TPSA) is 3.24 Å². The molecule has 0 atom stereocenters. The lowest BCUT2D eigenvalue weighted by Crippen LogP contribution is -2.27. The molecule has 1 saturated heterocycles. The van der Waals surface area contributed by atoms with Gasteiger partial charge in [-0.25, -0.2) is 0 Å². The molecule has 1 heterocycles. The number of fused-ring (bicyclic) bond motifs is 2. The van der Waals surface area contributed by atoms with Crippen LogP contribution in [0.1, 0.15) is 39.2 Å². The van der Waals surface area contributed by atoms with Crippen molar-refractivity contribution in [3.8, 4) is 0 Å². The smallest absolute Gasteiger partial charge is 0.0394 e. The molecule has 0 amide bonds. The van der Waals surface area contributed by atoms with Crippen molar-refractivity contribution < 1.29 is 4.11 Å². The number of benzene rings is 2. The van der Waals surface area contributed by atoms with E-state index >= 15 is 0 Å². The number of hydrogen-bond acceptors (Lipinski definition) is 1. The van der Waals surface area contributed by atoms with Gasteiger partial charge in [0.1, 0.15) is 0 Å². The highest BCUT2D eigenvalue weighted by Gasteiger charge is 2.20. The van der Waals surface area contributed by atoms with Crippen LogP contribution < -0.4 is 0 Å². The van der Waals surface area contributed by atoms with Crippen LogP contribution in [-0.4, -0.2) is 25.0 Å². The maximum absolute atomic E-state index is 7.64. The molecule has 4 rings (SSSR count). The molecule has 2 aromatic carbocycles. The monoisotopic (exact) mass is 290 g/mol. The molecule has 0 N–H and O–H groups in total. The highest BCUT2D eigenvalue weighted by molar-refractivity contribution is 5.94. The lowest BCUT2D eigenvalue weighted by Gasteiger charge is -2.27. The van der Waals surface area contributed by atoms with E-state index in [1.54, 1.807) is 4.90 Å². The Labute approximate surface area is 136 Å². The molecule has 1 nitrogen and oxygen atoms in total. The first kappa shape index (κ1) is 10.6. The third kappa shape index (κ3) is 2.32. The van der Waals surface area contributed by atoms with Crippen LogP contribution in [-0.2, 0) is 0 Å². The summed E-state index contributed by atoms with van der Waals surface area (Å²) >= 11 is 0. The van der Waals surface area contributed by atoms with Crippen LogP contribution in [0, 0.1) is 0 Å². The third-order valence-electron chi connectivity index (χ3n) is 4.62. The maximum atomic E-state index is 7.64. The standard InChI is InChI=1S/C21H21N/c1-22-14-12-18(13-15-22)21-19-8-4-2-6-16(19)10-11-17-7-3-5-9-20(17)21/h2-11H,12-15H2,1H3/i1D3. The number of piperidine rings is 1. The molecule has 2 aromatic rings. The van der Waals surface area contributed by atoms with E-state index in [-0.39, 0.29) is 0 Å². The molecule has 0 saturated carbocycles. The summed E-state index contributed by atoms with van der Waals surface area (Å²) in [6.07, 6.45) is 5.96. The van der Waals surface area contributed by atoms with Crippen molar-refractivity contribution >= 4 is 17.7 Å². The van der Waals surface area contributed by atoms with Gasteiger partial charge in [0.05, 0.1) is 0 Å². The average molecular weight is 290 g/mol. The minimum atomic E-state index is -1.99. The zero-order chi connectivity index (χ0) is 17.4. The lowest BCUT2D eigenvalue weighted by molar-refractivity contribution is 0.313. The zero-order valence-electron chi connectivity index (χ0n) is 15.5. The van der Waals surface area contributed by atoms with Gasteiger partial charge >= 0.3 is 0 Å². The molecule has 0 aromatic heterocycles. The van der Waals surface area contributed by atoms with E-state index < -0.39 is 6.98 Å². The Balaban J connectivity index is 1.83. The summed E-state index contributed by atoms with van der Waals surface area (Å²) in [5.74, 6) is 0. The van der Waals surface area contributed by atoms with Crippen LogP contribution in [0.15, 0.2) is 54.1 Å². The van der Waals surface area contributed by atoms with Crippen molar-refractivity contribution in [2.45, 2.75) is 12.8 Å². The summed E-state index contributed by atoms with van der Waals surface area (Å²) in [4.78, 5) is 1.61. The summed E-state index contributed by atoms with van der Waals surface area (Å²) in [6.45, 7) is -0.808. The molecule has 0 bridgehead atoms. The average Bonchev–Trinajstić information content (AvgIpc) is 2.78. The molecule has 0 unspecified atom stereocenters. The Hall–Kier alpha value is -2.12. The molecule has 1 heteroatoms. The Morgan fingerprint density at radius 2 is 1.36 bits per heavy atom.